The summed E-state index contributed by atoms with van der Waals surface area (Å²) in [5.74, 6) is -6.64. The third-order valence-corrected chi connectivity index (χ3v) is 16.9. The van der Waals surface area contributed by atoms with Crippen LogP contribution in [0.15, 0.2) is 0 Å². The van der Waals surface area contributed by atoms with E-state index in [2.05, 4.69) is 0 Å². The summed E-state index contributed by atoms with van der Waals surface area (Å²) in [6.07, 6.45) is -26.7. The van der Waals surface area contributed by atoms with Crippen LogP contribution in [0, 0.1) is 23.7 Å². The topological polar surface area (TPSA) is 416 Å². The van der Waals surface area contributed by atoms with Gasteiger partial charge in [0.15, 0.2) is 31.3 Å². The maximum Gasteiger partial charge on any atom is 0.311 e. The van der Waals surface area contributed by atoms with Crippen LogP contribution in [-0.2, 0) is 71.3 Å². The zero-order valence-electron chi connectivity index (χ0n) is 50.2. The van der Waals surface area contributed by atoms with Gasteiger partial charge in [-0.2, -0.15) is 0 Å². The number of Topliss-reactive ketones (excluding diaryl/α,β-unsaturated/α-hetero) is 1. The number of methoxy groups -OCH3 is 1. The summed E-state index contributed by atoms with van der Waals surface area (Å²) >= 11 is 0. The van der Waals surface area contributed by atoms with E-state index < -0.39 is 206 Å². The second-order valence-corrected chi connectivity index (χ2v) is 23.8. The van der Waals surface area contributed by atoms with Crippen LogP contribution in [0.5, 0.6) is 0 Å². The highest BCUT2D eigenvalue weighted by Gasteiger charge is 2.55. The number of esters is 3. The molecule has 5 saturated heterocycles. The highest BCUT2D eigenvalue weighted by Crippen LogP contribution is 2.41. The molecule has 12 N–H and O–H groups in total. The van der Waals surface area contributed by atoms with Crippen molar-refractivity contribution < 1.29 is 133 Å². The molecule has 0 amide bonds. The number of rotatable bonds is 16. The van der Waals surface area contributed by atoms with E-state index in [1.165, 1.54) is 27.9 Å². The Morgan fingerprint density at radius 3 is 1.86 bits per heavy atom. The number of likely N-dealkylation sites (N-methyl/N-ethyl adjacent to an activating group) is 1. The third kappa shape index (κ3) is 17.5. The zero-order chi connectivity index (χ0) is 63.0. The van der Waals surface area contributed by atoms with Crippen molar-refractivity contribution in [2.24, 2.45) is 23.7 Å². The van der Waals surface area contributed by atoms with E-state index >= 15 is 0 Å². The van der Waals surface area contributed by atoms with Crippen molar-refractivity contribution >= 4 is 23.7 Å². The Balaban J connectivity index is 0.000000532. The fourth-order valence-electron chi connectivity index (χ4n) is 11.7. The molecule has 0 aromatic rings. The van der Waals surface area contributed by atoms with Gasteiger partial charge in [0, 0.05) is 31.3 Å². The van der Waals surface area contributed by atoms with Gasteiger partial charge in [-0.1, -0.05) is 27.7 Å². The molecule has 0 radical (unpaired) electrons. The van der Waals surface area contributed by atoms with E-state index in [-0.39, 0.29) is 38.7 Å². The molecule has 484 valence electrons. The Kier molecular flexibility index (Phi) is 27.1. The SMILES string of the molecule is CCOC(=O)CCC(=O)O[C@H]1[C@H](O[C@@H]2[C@@H](C)[C@H](O[C@H]3C[C@@](C)(OC)[C@@H](O)[C@H](C)O3)[C@@H](C)C(=O)O[C@H](CC)[C@@](C)(O)[C@H](O)[C@@H](C)C(=O)[C@H](C)C[C@@]2(C)O)O[C@H](C)C[C@@H]1N(C)C.OC[C@H]1O[C@@H](O[C@H]2[C@H](O)[C@@H](O)[C@H](O)O[C@@H]2CO)[C@H](O)[C@@H](O)[C@H]1O. The molecule has 0 aliphatic carbocycles. The molecule has 83 heavy (non-hydrogen) atoms. The van der Waals surface area contributed by atoms with Crippen LogP contribution in [0.4, 0.5) is 0 Å². The maximum absolute atomic E-state index is 14.3. The second-order valence-electron chi connectivity index (χ2n) is 23.8. The minimum Gasteiger partial charge on any atom is -0.466 e. The van der Waals surface area contributed by atoms with Crippen LogP contribution in [-0.4, -0.2) is 277 Å². The van der Waals surface area contributed by atoms with E-state index in [9.17, 15) is 75.3 Å². The van der Waals surface area contributed by atoms with E-state index in [0.29, 0.717) is 6.42 Å². The lowest BCUT2D eigenvalue weighted by molar-refractivity contribution is -0.355. The first-order valence-corrected chi connectivity index (χ1v) is 28.6. The Morgan fingerprint density at radius 1 is 0.675 bits per heavy atom. The number of carbonyl (C=O) groups excluding carboxylic acids is 4. The lowest BCUT2D eigenvalue weighted by Gasteiger charge is -2.49. The summed E-state index contributed by atoms with van der Waals surface area (Å²) in [7, 11) is 5.09. The Morgan fingerprint density at radius 2 is 1.29 bits per heavy atom. The first-order valence-electron chi connectivity index (χ1n) is 28.6. The van der Waals surface area contributed by atoms with Crippen molar-refractivity contribution in [2.75, 3.05) is 41.0 Å². The van der Waals surface area contributed by atoms with Gasteiger partial charge in [0.1, 0.15) is 72.4 Å². The Hall–Kier alpha value is -2.76. The molecule has 5 heterocycles. The second kappa shape index (κ2) is 30.9. The molecule has 0 aromatic carbocycles. The molecular weight excluding hydrogens is 1110 g/mol. The van der Waals surface area contributed by atoms with Gasteiger partial charge in [-0.05, 0) is 81.8 Å². The van der Waals surface area contributed by atoms with Crippen LogP contribution in [0.2, 0.25) is 0 Å². The average Bonchev–Trinajstić information content (AvgIpc) is 3.64. The number of ketones is 1. The standard InChI is InChI=1S/C43H75NO16.C12H22O11/c1-15-29-43(11,52)36(48)24(5)33(47)22(3)20-41(9,51)38(25(6)34(26(7)39(50)57-29)59-32-21-42(10,53-14)37(49)27(8)56-32)60-40-35(28(44(12)13)19-23(4)55-40)58-31(46)18-17-30(45)54-16-2;13-1-3-5(15)6(16)9(19)12(22-3)23-10-4(2-14)21-11(20)8(18)7(10)17/h22-29,32,34-38,40,48-49,51-52H,15-21H2,1-14H3;3-20H,1-2H2/t22-,23-,24+,25+,26-,27+,28+,29-,32+,34+,35-,36-,37+,38-,40+,41-,42-,43-;3-,4-,5+,6+,7-,8-,9-,10-,11-,12+/m11/s1. The number of aliphatic hydroxyl groups excluding tert-OH is 10. The van der Waals surface area contributed by atoms with E-state index in [1.54, 1.807) is 48.5 Å². The van der Waals surface area contributed by atoms with Gasteiger partial charge in [-0.25, -0.2) is 0 Å². The Labute approximate surface area is 485 Å². The lowest BCUT2D eigenvalue weighted by atomic mass is 9.74. The number of carbonyl (C=O) groups is 4. The average molecular weight is 1200 g/mol. The first-order chi connectivity index (χ1) is 38.6. The minimum atomic E-state index is -2.04. The number of aliphatic hydroxyl groups is 12. The van der Waals surface area contributed by atoms with E-state index in [1.807, 2.05) is 25.9 Å². The molecular formula is C55H97NO27. The predicted octanol–water partition coefficient (Wildman–Crippen LogP) is -2.72. The maximum atomic E-state index is 14.3. The summed E-state index contributed by atoms with van der Waals surface area (Å²) < 4.78 is 64.0. The van der Waals surface area contributed by atoms with Crippen molar-refractivity contribution in [3.05, 3.63) is 0 Å². The summed E-state index contributed by atoms with van der Waals surface area (Å²) in [6, 6.07) is -0.443. The lowest BCUT2D eigenvalue weighted by Crippen LogP contribution is -2.64. The van der Waals surface area contributed by atoms with Gasteiger partial charge in [0.05, 0.1) is 86.3 Å². The molecule has 0 spiro atoms. The molecule has 0 unspecified atom stereocenters. The molecule has 0 aromatic heterocycles. The fourth-order valence-corrected chi connectivity index (χ4v) is 11.7. The molecule has 5 aliphatic rings. The highest BCUT2D eigenvalue weighted by atomic mass is 16.7. The number of hydrogen-bond acceptors (Lipinski definition) is 28. The van der Waals surface area contributed by atoms with E-state index in [0.717, 1.165) is 0 Å². The fraction of sp³-hybridized carbons (Fsp3) is 0.927. The van der Waals surface area contributed by atoms with Crippen molar-refractivity contribution in [2.45, 2.75) is 260 Å². The van der Waals surface area contributed by atoms with Crippen LogP contribution in [0.1, 0.15) is 115 Å². The monoisotopic (exact) mass is 1200 g/mol. The van der Waals surface area contributed by atoms with Crippen LogP contribution < -0.4 is 0 Å². The normalized spacial score (nSPS) is 46.0. The number of cyclic esters (lactones) is 1. The predicted molar refractivity (Wildman–Crippen MR) is 285 cm³/mol. The molecule has 28 atom stereocenters. The minimum absolute atomic E-state index is 0.0431. The summed E-state index contributed by atoms with van der Waals surface area (Å²) in [5.41, 5.74) is -5.06. The zero-order valence-corrected chi connectivity index (χ0v) is 50.2. The molecule has 28 nitrogen and oxygen atoms in total. The third-order valence-electron chi connectivity index (χ3n) is 16.9. The van der Waals surface area contributed by atoms with Crippen molar-refractivity contribution in [3.63, 3.8) is 0 Å². The van der Waals surface area contributed by atoms with Gasteiger partial charge in [0.2, 0.25) is 0 Å². The van der Waals surface area contributed by atoms with Crippen LogP contribution in [0.3, 0.4) is 0 Å². The van der Waals surface area contributed by atoms with Crippen LogP contribution >= 0.6 is 0 Å². The smallest absolute Gasteiger partial charge is 0.311 e. The number of hydrogen-bond donors (Lipinski definition) is 12. The molecule has 28 heteroatoms. The van der Waals surface area contributed by atoms with Crippen molar-refractivity contribution in [3.8, 4) is 0 Å². The molecule has 0 saturated carbocycles. The Bertz CT molecular complexity index is 2050. The molecule has 5 rings (SSSR count). The quantitative estimate of drug-likeness (QED) is 0.0552. The highest BCUT2D eigenvalue weighted by molar-refractivity contribution is 5.83. The molecule has 5 fully saturated rings. The molecule has 0 bridgehead atoms. The largest absolute Gasteiger partial charge is 0.466 e. The number of ether oxygens (including phenoxy) is 11. The van der Waals surface area contributed by atoms with E-state index in [4.69, 9.17) is 57.2 Å². The first kappa shape index (κ1) is 72.7. The van der Waals surface area contributed by atoms with Gasteiger partial charge in [-0.3, -0.25) is 19.2 Å². The summed E-state index contributed by atoms with van der Waals surface area (Å²) in [5, 5.41) is 123. The molecule has 5 aliphatic heterocycles. The van der Waals surface area contributed by atoms with Crippen molar-refractivity contribution in [1.82, 2.24) is 4.90 Å². The summed E-state index contributed by atoms with van der Waals surface area (Å²) in [4.78, 5) is 55.6. The van der Waals surface area contributed by atoms with Gasteiger partial charge in [0.25, 0.3) is 0 Å². The van der Waals surface area contributed by atoms with Gasteiger partial charge >= 0.3 is 17.9 Å². The van der Waals surface area contributed by atoms with Gasteiger partial charge < -0.3 is 118 Å². The summed E-state index contributed by atoms with van der Waals surface area (Å²) in [6.45, 7) is 16.5. The van der Waals surface area contributed by atoms with Crippen molar-refractivity contribution in [1.29, 1.82) is 0 Å². The van der Waals surface area contributed by atoms with Gasteiger partial charge in [-0.15, -0.1) is 0 Å². The van der Waals surface area contributed by atoms with Crippen LogP contribution in [0.25, 0.3) is 0 Å². The number of nitrogens with zero attached hydrogens (tertiary/aromatic N) is 1.